The molecule has 1 saturated carbocycles. The number of hydrogen-bond donors (Lipinski definition) is 2. The van der Waals surface area contributed by atoms with Crippen LogP contribution in [-0.2, 0) is 13.0 Å². The minimum absolute atomic E-state index is 0.0232. The summed E-state index contributed by atoms with van der Waals surface area (Å²) >= 11 is 3.29. The van der Waals surface area contributed by atoms with E-state index in [1.54, 1.807) is 30.3 Å². The van der Waals surface area contributed by atoms with E-state index in [2.05, 4.69) is 64.2 Å². The number of nitrogens with zero attached hydrogens (tertiary/aromatic N) is 6. The Morgan fingerprint density at radius 1 is 1.18 bits per heavy atom. The number of anilines is 1. The van der Waals surface area contributed by atoms with Crippen LogP contribution in [0.1, 0.15) is 46.1 Å². The van der Waals surface area contributed by atoms with Gasteiger partial charge in [-0.25, -0.2) is 28.1 Å². The summed E-state index contributed by atoms with van der Waals surface area (Å²) in [4.78, 5) is 34.6. The zero-order valence-corrected chi connectivity index (χ0v) is 29.7. The molecule has 0 bridgehead atoms. The largest absolute Gasteiger partial charge is 0.340 e. The van der Waals surface area contributed by atoms with E-state index in [9.17, 15) is 18.0 Å². The third-order valence-electron chi connectivity index (χ3n) is 10.4. The molecule has 2 aromatic carbocycles. The molecule has 0 amide bonds. The van der Waals surface area contributed by atoms with Gasteiger partial charge in [-0.3, -0.25) is 14.3 Å². The molecule has 2 N–H and O–H groups in total. The van der Waals surface area contributed by atoms with E-state index in [4.69, 9.17) is 9.98 Å². The molecule has 4 aromatic rings. The fraction of sp³-hybridized carbons (Fsp3) is 0.472. The first kappa shape index (κ1) is 35.0. The smallest absolute Gasteiger partial charge is 0.261 e. The number of piperazine rings is 1. The van der Waals surface area contributed by atoms with E-state index < -0.39 is 12.5 Å². The van der Waals surface area contributed by atoms with Crippen LogP contribution in [0.15, 0.2) is 69.2 Å². The van der Waals surface area contributed by atoms with Gasteiger partial charge in [0, 0.05) is 48.7 Å². The number of benzene rings is 2. The molecule has 9 nitrogen and oxygen atoms in total. The summed E-state index contributed by atoms with van der Waals surface area (Å²) in [7, 11) is 0. The van der Waals surface area contributed by atoms with Crippen molar-refractivity contribution >= 4 is 38.5 Å². The van der Waals surface area contributed by atoms with Gasteiger partial charge in [0.1, 0.15) is 11.5 Å². The molecule has 1 unspecified atom stereocenters. The molecule has 6 rings (SSSR count). The number of guanidine groups is 1. The van der Waals surface area contributed by atoms with Crippen molar-refractivity contribution in [1.29, 1.82) is 0 Å². The molecular formula is C36H42BrF3N8O. The molecule has 1 saturated heterocycles. The average Bonchev–Trinajstić information content (AvgIpc) is 3.08. The predicted octanol–water partition coefficient (Wildman–Crippen LogP) is 6.77. The summed E-state index contributed by atoms with van der Waals surface area (Å²) in [6.07, 6.45) is 4.28. The van der Waals surface area contributed by atoms with Crippen LogP contribution in [0.3, 0.4) is 0 Å². The van der Waals surface area contributed by atoms with Crippen molar-refractivity contribution in [3.8, 4) is 11.5 Å². The summed E-state index contributed by atoms with van der Waals surface area (Å²) in [5.41, 5.74) is 1.83. The van der Waals surface area contributed by atoms with Crippen molar-refractivity contribution in [2.45, 2.75) is 72.0 Å². The average molecular weight is 740 g/mol. The topological polar surface area (TPSA) is 100 Å². The highest BCUT2D eigenvalue weighted by Crippen LogP contribution is 2.44. The lowest BCUT2D eigenvalue weighted by atomic mass is 9.63. The van der Waals surface area contributed by atoms with E-state index >= 15 is 0 Å². The number of rotatable bonds is 7. The lowest BCUT2D eigenvalue weighted by Gasteiger charge is -2.44. The Bertz CT molecular complexity index is 1890. The summed E-state index contributed by atoms with van der Waals surface area (Å²) < 4.78 is 44.5. The van der Waals surface area contributed by atoms with Crippen molar-refractivity contribution in [2.24, 2.45) is 22.2 Å². The van der Waals surface area contributed by atoms with Crippen molar-refractivity contribution < 1.29 is 13.2 Å². The number of aliphatic imine (C=N–C) groups is 1. The Hall–Kier alpha value is -3.84. The molecule has 1 aliphatic carbocycles. The van der Waals surface area contributed by atoms with Crippen LogP contribution >= 0.6 is 15.9 Å². The standard InChI is InChI=1S/C36H42BrF3N8O/c1-21-22(2)36(3,4)11-9-28(21)46-35(47-16-14-43-31(20-47)32(39)40)44-25-7-8-26-29(18-25)45-33(30-19-41-12-13-42-30)48(34(26)49)15-10-23-5-6-24(37)17-27(23)38/h5-8,12-13,17-19,21-22,28,31-32,43H,9-11,14-16,20H2,1-4H3,(H,44,46)/t21-,22-,28?,31+/m0/s1. The molecule has 0 radical (unpaired) electrons. The zero-order valence-electron chi connectivity index (χ0n) is 28.1. The van der Waals surface area contributed by atoms with Gasteiger partial charge in [-0.05, 0) is 72.4 Å². The summed E-state index contributed by atoms with van der Waals surface area (Å²) in [6, 6.07) is 9.16. The van der Waals surface area contributed by atoms with Gasteiger partial charge in [-0.15, -0.1) is 0 Å². The fourth-order valence-corrected chi connectivity index (χ4v) is 7.26. The van der Waals surface area contributed by atoms with Gasteiger partial charge in [0.05, 0.1) is 29.2 Å². The van der Waals surface area contributed by atoms with Gasteiger partial charge < -0.3 is 15.5 Å². The number of aromatic nitrogens is 4. The second-order valence-corrected chi connectivity index (χ2v) is 14.8. The van der Waals surface area contributed by atoms with Gasteiger partial charge >= 0.3 is 0 Å². The molecule has 13 heteroatoms. The van der Waals surface area contributed by atoms with Crippen molar-refractivity contribution in [2.75, 3.05) is 25.0 Å². The van der Waals surface area contributed by atoms with E-state index in [0.29, 0.717) is 69.0 Å². The van der Waals surface area contributed by atoms with Crippen molar-refractivity contribution in [3.63, 3.8) is 0 Å². The van der Waals surface area contributed by atoms with Crippen LogP contribution < -0.4 is 16.2 Å². The van der Waals surface area contributed by atoms with Gasteiger partial charge in [-0.2, -0.15) is 0 Å². The van der Waals surface area contributed by atoms with Crippen LogP contribution in [0.5, 0.6) is 0 Å². The number of fused-ring (bicyclic) bond motifs is 1. The minimum atomic E-state index is -2.51. The fourth-order valence-electron chi connectivity index (χ4n) is 6.93. The monoisotopic (exact) mass is 738 g/mol. The minimum Gasteiger partial charge on any atom is -0.340 e. The van der Waals surface area contributed by atoms with Gasteiger partial charge in [0.25, 0.3) is 12.0 Å². The molecule has 2 aromatic heterocycles. The maximum Gasteiger partial charge on any atom is 0.261 e. The third kappa shape index (κ3) is 7.67. The first-order valence-electron chi connectivity index (χ1n) is 16.8. The number of alkyl halides is 2. The van der Waals surface area contributed by atoms with Crippen LogP contribution in [0.4, 0.5) is 18.9 Å². The van der Waals surface area contributed by atoms with E-state index in [0.717, 1.165) is 12.8 Å². The Labute approximate surface area is 292 Å². The molecule has 260 valence electrons. The maximum absolute atomic E-state index is 14.7. The second-order valence-electron chi connectivity index (χ2n) is 13.9. The van der Waals surface area contributed by atoms with Crippen LogP contribution in [0, 0.1) is 23.1 Å². The maximum atomic E-state index is 14.7. The quantitative estimate of drug-likeness (QED) is 0.160. The molecule has 49 heavy (non-hydrogen) atoms. The SMILES string of the molecule is C[C@@H]1C(N=C(Nc2ccc3c(=O)n(CCc4ccc(Br)cc4F)c(-c4cnccn4)nc3c2)N2CCN[C@@H](C(F)F)C2)CCC(C)(C)[C@H]1C. The van der Waals surface area contributed by atoms with E-state index in [-0.39, 0.29) is 42.3 Å². The molecule has 1 aliphatic heterocycles. The number of aryl methyl sites for hydroxylation is 1. The van der Waals surface area contributed by atoms with Crippen LogP contribution in [-0.4, -0.2) is 68.5 Å². The normalized spacial score (nSPS) is 22.9. The van der Waals surface area contributed by atoms with Crippen LogP contribution in [0.25, 0.3) is 22.4 Å². The Kier molecular flexibility index (Phi) is 10.4. The summed E-state index contributed by atoms with van der Waals surface area (Å²) in [5.74, 6) is 1.21. The highest BCUT2D eigenvalue weighted by Gasteiger charge is 2.39. The molecule has 0 spiro atoms. The second kappa shape index (κ2) is 14.6. The molecule has 4 atom stereocenters. The Morgan fingerprint density at radius 2 is 2.00 bits per heavy atom. The lowest BCUT2D eigenvalue weighted by Crippen LogP contribution is -2.57. The first-order chi connectivity index (χ1) is 23.4. The number of halogens is 4. The zero-order chi connectivity index (χ0) is 34.9. The molecule has 2 fully saturated rings. The molecular weight excluding hydrogens is 697 g/mol. The summed E-state index contributed by atoms with van der Waals surface area (Å²) in [5, 5.41) is 6.74. The van der Waals surface area contributed by atoms with E-state index in [1.165, 1.54) is 29.2 Å². The van der Waals surface area contributed by atoms with Crippen molar-refractivity contribution in [1.82, 2.24) is 29.7 Å². The summed E-state index contributed by atoms with van der Waals surface area (Å²) in [6.45, 7) is 10.3. The number of nitrogens with one attached hydrogen (secondary N) is 2. The van der Waals surface area contributed by atoms with E-state index in [1.807, 2.05) is 4.90 Å². The lowest BCUT2D eigenvalue weighted by molar-refractivity contribution is 0.0717. The van der Waals surface area contributed by atoms with Gasteiger partial charge in [-0.1, -0.05) is 49.7 Å². The highest BCUT2D eigenvalue weighted by atomic mass is 79.9. The van der Waals surface area contributed by atoms with Crippen molar-refractivity contribution in [3.05, 3.63) is 81.2 Å². The Balaban J connectivity index is 1.37. The highest BCUT2D eigenvalue weighted by molar-refractivity contribution is 9.10. The van der Waals surface area contributed by atoms with Crippen LogP contribution in [0.2, 0.25) is 0 Å². The van der Waals surface area contributed by atoms with Gasteiger partial charge in [0.2, 0.25) is 0 Å². The predicted molar refractivity (Wildman–Crippen MR) is 190 cm³/mol. The molecule has 2 aliphatic rings. The third-order valence-corrected chi connectivity index (χ3v) is 10.9. The van der Waals surface area contributed by atoms with Gasteiger partial charge in [0.15, 0.2) is 11.8 Å². The molecule has 3 heterocycles. The Morgan fingerprint density at radius 3 is 2.73 bits per heavy atom. The first-order valence-corrected chi connectivity index (χ1v) is 17.6. The number of hydrogen-bond acceptors (Lipinski definition) is 6.